The number of H-pyrrole nitrogens is 1. The minimum atomic E-state index is -0.345. The lowest BCUT2D eigenvalue weighted by molar-refractivity contribution is 0.0766. The summed E-state index contributed by atoms with van der Waals surface area (Å²) in [6.07, 6.45) is 3.92. The van der Waals surface area contributed by atoms with Crippen molar-refractivity contribution in [2.24, 2.45) is 5.92 Å². The first-order chi connectivity index (χ1) is 13.7. The summed E-state index contributed by atoms with van der Waals surface area (Å²) in [5, 5.41) is 9.89. The van der Waals surface area contributed by atoms with Gasteiger partial charge in [0.1, 0.15) is 5.69 Å². The molecule has 1 aliphatic heterocycles. The Morgan fingerprint density at radius 2 is 1.97 bits per heavy atom. The molecule has 0 radical (unpaired) electrons. The number of nitrogens with zero attached hydrogens (tertiary/aromatic N) is 2. The molecule has 1 aromatic carbocycles. The first-order valence-electron chi connectivity index (χ1n) is 10.0. The van der Waals surface area contributed by atoms with Crippen molar-refractivity contribution in [1.82, 2.24) is 15.1 Å². The molecule has 7 heteroatoms. The van der Waals surface area contributed by atoms with Crippen LogP contribution in [-0.4, -0.2) is 45.4 Å². The van der Waals surface area contributed by atoms with E-state index >= 15 is 0 Å². The fourth-order valence-corrected chi connectivity index (χ4v) is 4.18. The molecule has 1 aromatic heterocycles. The second-order valence-electron chi connectivity index (χ2n) is 8.77. The van der Waals surface area contributed by atoms with Crippen LogP contribution >= 0.6 is 11.6 Å². The number of Topliss-reactive ketones (excluding diaryl/α,β-unsaturated/α-hetero) is 1. The van der Waals surface area contributed by atoms with Gasteiger partial charge in [-0.05, 0) is 71.2 Å². The molecule has 3 rings (SSSR count). The van der Waals surface area contributed by atoms with Crippen molar-refractivity contribution >= 4 is 29.0 Å². The Bertz CT molecular complexity index is 872. The minimum absolute atomic E-state index is 0.0251. The number of carbonyl (C=O) groups excluding carboxylic acids is 2. The topological polar surface area (TPSA) is 78.1 Å². The third kappa shape index (κ3) is 5.06. The monoisotopic (exact) mass is 416 g/mol. The van der Waals surface area contributed by atoms with Gasteiger partial charge in [0.05, 0.1) is 22.5 Å². The number of nitrogens with one attached hydrogen (secondary N) is 2. The molecular formula is C22H29ClN4O2. The van der Waals surface area contributed by atoms with Crippen LogP contribution in [0.25, 0.3) is 0 Å². The summed E-state index contributed by atoms with van der Waals surface area (Å²) in [7, 11) is 0. The number of carbonyl (C=O) groups is 2. The molecule has 1 saturated heterocycles. The predicted octanol–water partition coefficient (Wildman–Crippen LogP) is 4.71. The van der Waals surface area contributed by atoms with Crippen molar-refractivity contribution in [3.8, 4) is 0 Å². The zero-order valence-electron chi connectivity index (χ0n) is 17.5. The molecule has 0 bridgehead atoms. The quantitative estimate of drug-likeness (QED) is 0.692. The Balaban J connectivity index is 1.64. The molecule has 2 heterocycles. The number of halogens is 1. The Morgan fingerprint density at radius 3 is 2.59 bits per heavy atom. The molecule has 6 nitrogen and oxygen atoms in total. The zero-order chi connectivity index (χ0) is 21.2. The highest BCUT2D eigenvalue weighted by molar-refractivity contribution is 6.34. The van der Waals surface area contributed by atoms with Gasteiger partial charge >= 0.3 is 0 Å². The number of aryl methyl sites for hydroxylation is 1. The molecule has 29 heavy (non-hydrogen) atoms. The molecule has 2 N–H and O–H groups in total. The van der Waals surface area contributed by atoms with Crippen LogP contribution in [0.1, 0.15) is 66.4 Å². The Hall–Kier alpha value is -2.18. The van der Waals surface area contributed by atoms with Crippen LogP contribution in [0.3, 0.4) is 0 Å². The highest BCUT2D eigenvalue weighted by Crippen LogP contribution is 2.28. The van der Waals surface area contributed by atoms with E-state index in [1.807, 2.05) is 13.0 Å². The molecule has 1 aliphatic rings. The van der Waals surface area contributed by atoms with E-state index in [4.69, 9.17) is 11.6 Å². The highest BCUT2D eigenvalue weighted by Gasteiger charge is 2.29. The van der Waals surface area contributed by atoms with Gasteiger partial charge in [-0.15, -0.1) is 0 Å². The average Bonchev–Trinajstić information content (AvgIpc) is 3.09. The number of hydrogen-bond donors (Lipinski definition) is 2. The highest BCUT2D eigenvalue weighted by atomic mass is 35.5. The van der Waals surface area contributed by atoms with Crippen LogP contribution in [0.2, 0.25) is 5.02 Å². The first-order valence-corrected chi connectivity index (χ1v) is 10.4. The largest absolute Gasteiger partial charge is 0.319 e. The zero-order valence-corrected chi connectivity index (χ0v) is 18.3. The second-order valence-corrected chi connectivity index (χ2v) is 9.18. The van der Waals surface area contributed by atoms with Gasteiger partial charge in [-0.2, -0.15) is 5.10 Å². The Labute approximate surface area is 177 Å². The first kappa shape index (κ1) is 21.5. The normalized spacial score (nSPS) is 16.0. The summed E-state index contributed by atoms with van der Waals surface area (Å²) in [4.78, 5) is 28.0. The van der Waals surface area contributed by atoms with E-state index in [9.17, 15) is 9.59 Å². The molecule has 0 atom stereocenters. The summed E-state index contributed by atoms with van der Waals surface area (Å²) in [5.74, 6) is -0.0244. The van der Waals surface area contributed by atoms with Gasteiger partial charge in [0.2, 0.25) is 0 Å². The number of likely N-dealkylation sites (tertiary alicyclic amines) is 1. The van der Waals surface area contributed by atoms with Gasteiger partial charge in [0.25, 0.3) is 5.91 Å². The Morgan fingerprint density at radius 1 is 1.28 bits per heavy atom. The van der Waals surface area contributed by atoms with E-state index in [2.05, 4.69) is 41.2 Å². The number of ketones is 1. The molecule has 0 saturated carbocycles. The maximum Gasteiger partial charge on any atom is 0.257 e. The summed E-state index contributed by atoms with van der Waals surface area (Å²) in [6.45, 7) is 10.5. The van der Waals surface area contributed by atoms with Crippen molar-refractivity contribution < 1.29 is 9.59 Å². The molecule has 0 spiro atoms. The van der Waals surface area contributed by atoms with Gasteiger partial charge in [-0.25, -0.2) is 0 Å². The van der Waals surface area contributed by atoms with Gasteiger partial charge in [0, 0.05) is 12.0 Å². The van der Waals surface area contributed by atoms with Gasteiger partial charge < -0.3 is 5.32 Å². The molecule has 156 valence electrons. The summed E-state index contributed by atoms with van der Waals surface area (Å²) < 4.78 is 0. The van der Waals surface area contributed by atoms with Crippen LogP contribution < -0.4 is 5.32 Å². The van der Waals surface area contributed by atoms with Gasteiger partial charge in [0.15, 0.2) is 5.78 Å². The molecule has 1 fully saturated rings. The van der Waals surface area contributed by atoms with Crippen molar-refractivity contribution in [2.75, 3.05) is 18.4 Å². The summed E-state index contributed by atoms with van der Waals surface area (Å²) in [6, 6.07) is 5.30. The maximum atomic E-state index is 12.9. The van der Waals surface area contributed by atoms with E-state index in [0.29, 0.717) is 34.3 Å². The van der Waals surface area contributed by atoms with Crippen molar-refractivity contribution in [1.29, 1.82) is 0 Å². The van der Waals surface area contributed by atoms with Crippen molar-refractivity contribution in [3.05, 3.63) is 46.2 Å². The fraction of sp³-hybridized carbons (Fsp3) is 0.500. The van der Waals surface area contributed by atoms with Crippen LogP contribution in [0.5, 0.6) is 0 Å². The standard InChI is InChI=1S/C22H29ClN4O2/c1-14-6-5-7-16(23)19(14)21(29)25-17-13-24-26-20(17)18(28)12-15-8-10-27(11-9-15)22(2,3)4/h5-7,13,15H,8-12H2,1-4H3,(H,24,26)(H,25,29). The fourth-order valence-electron chi connectivity index (χ4n) is 3.87. The van der Waals surface area contributed by atoms with Crippen LogP contribution in [0, 0.1) is 12.8 Å². The third-order valence-corrected chi connectivity index (χ3v) is 5.97. The molecule has 0 unspecified atom stereocenters. The van der Waals surface area contributed by atoms with E-state index in [0.717, 1.165) is 31.5 Å². The molecule has 1 amide bonds. The number of piperidine rings is 1. The summed E-state index contributed by atoms with van der Waals surface area (Å²) in [5.41, 5.74) is 2.08. The molecule has 0 aliphatic carbocycles. The number of aromatic nitrogens is 2. The van der Waals surface area contributed by atoms with Crippen molar-refractivity contribution in [3.63, 3.8) is 0 Å². The van der Waals surface area contributed by atoms with Crippen LogP contribution in [-0.2, 0) is 0 Å². The summed E-state index contributed by atoms with van der Waals surface area (Å²) >= 11 is 6.18. The van der Waals surface area contributed by atoms with E-state index in [1.54, 1.807) is 12.1 Å². The lowest BCUT2D eigenvalue weighted by atomic mass is 9.88. The minimum Gasteiger partial charge on any atom is -0.319 e. The molecular weight excluding hydrogens is 388 g/mol. The lowest BCUT2D eigenvalue weighted by Gasteiger charge is -2.40. The van der Waals surface area contributed by atoms with E-state index in [1.165, 1.54) is 6.20 Å². The molecule has 2 aromatic rings. The SMILES string of the molecule is Cc1cccc(Cl)c1C(=O)Nc1cn[nH]c1C(=O)CC1CCN(C(C)(C)C)CC1. The van der Waals surface area contributed by atoms with E-state index in [-0.39, 0.29) is 17.2 Å². The number of hydrogen-bond acceptors (Lipinski definition) is 4. The lowest BCUT2D eigenvalue weighted by Crippen LogP contribution is -2.46. The maximum absolute atomic E-state index is 12.9. The number of rotatable bonds is 5. The van der Waals surface area contributed by atoms with Crippen LogP contribution in [0.15, 0.2) is 24.4 Å². The third-order valence-electron chi connectivity index (χ3n) is 5.65. The van der Waals surface area contributed by atoms with E-state index < -0.39 is 0 Å². The predicted molar refractivity (Wildman–Crippen MR) is 116 cm³/mol. The number of aromatic amines is 1. The Kier molecular flexibility index (Phi) is 6.44. The number of anilines is 1. The second kappa shape index (κ2) is 8.67. The number of amides is 1. The average molecular weight is 417 g/mol. The van der Waals surface area contributed by atoms with Gasteiger partial charge in [-0.1, -0.05) is 23.7 Å². The van der Waals surface area contributed by atoms with Crippen LogP contribution in [0.4, 0.5) is 5.69 Å². The number of benzene rings is 1. The smallest absolute Gasteiger partial charge is 0.257 e. The van der Waals surface area contributed by atoms with Crippen molar-refractivity contribution in [2.45, 2.75) is 52.5 Å². The van der Waals surface area contributed by atoms with Gasteiger partial charge in [-0.3, -0.25) is 19.6 Å².